The van der Waals surface area contributed by atoms with Crippen molar-refractivity contribution in [1.82, 2.24) is 4.31 Å². The molecule has 4 rings (SSSR count). The molecule has 6 nitrogen and oxygen atoms in total. The zero-order chi connectivity index (χ0) is 24.1. The van der Waals surface area contributed by atoms with Crippen molar-refractivity contribution in [2.45, 2.75) is 36.7 Å². The van der Waals surface area contributed by atoms with Gasteiger partial charge in [0.25, 0.3) is 0 Å². The van der Waals surface area contributed by atoms with Crippen LogP contribution in [0.25, 0.3) is 0 Å². The first-order valence-corrected chi connectivity index (χ1v) is 11.9. The monoisotopic (exact) mass is 486 g/mol. The summed E-state index contributed by atoms with van der Waals surface area (Å²) in [5.74, 6) is -3.37. The minimum absolute atomic E-state index is 0.0430. The molecule has 1 saturated heterocycles. The number of hydrogen-bond donors (Lipinski definition) is 1. The highest BCUT2D eigenvalue weighted by molar-refractivity contribution is 7.89. The molecule has 0 radical (unpaired) electrons. The second-order valence-electron chi connectivity index (χ2n) is 8.35. The van der Waals surface area contributed by atoms with Crippen LogP contribution in [0.3, 0.4) is 0 Å². The summed E-state index contributed by atoms with van der Waals surface area (Å²) in [6, 6.07) is 8.85. The predicted molar refractivity (Wildman–Crippen MR) is 113 cm³/mol. The maximum atomic E-state index is 14.0. The summed E-state index contributed by atoms with van der Waals surface area (Å²) < 4.78 is 80.8. The molecule has 1 fully saturated rings. The molecule has 1 N–H and O–H groups in total. The van der Waals surface area contributed by atoms with Gasteiger partial charge in [0.15, 0.2) is 0 Å². The molecule has 1 aliphatic carbocycles. The van der Waals surface area contributed by atoms with E-state index in [4.69, 9.17) is 0 Å². The Bertz CT molecular complexity index is 1190. The first kappa shape index (κ1) is 23.5. The number of aliphatic carboxylic acids is 1. The molecule has 178 valence electrons. The number of carboxylic acid groups (broad SMARTS) is 1. The van der Waals surface area contributed by atoms with Crippen LogP contribution in [0.5, 0.6) is 0 Å². The van der Waals surface area contributed by atoms with Crippen LogP contribution in [-0.2, 0) is 21.0 Å². The fourth-order valence-corrected chi connectivity index (χ4v) is 6.83. The number of hydrogen-bond acceptors (Lipinski definition) is 4. The first-order chi connectivity index (χ1) is 15.4. The van der Waals surface area contributed by atoms with Gasteiger partial charge in [0.2, 0.25) is 10.0 Å². The van der Waals surface area contributed by atoms with Crippen LogP contribution in [0.1, 0.15) is 41.2 Å². The van der Waals surface area contributed by atoms with Crippen molar-refractivity contribution in [2.75, 3.05) is 24.5 Å². The van der Waals surface area contributed by atoms with Gasteiger partial charge in [-0.1, -0.05) is 24.3 Å². The zero-order valence-electron chi connectivity index (χ0n) is 17.6. The summed E-state index contributed by atoms with van der Waals surface area (Å²) in [6.07, 6.45) is -4.86. The number of fused-ring (bicyclic) bond motifs is 1. The highest BCUT2D eigenvalue weighted by atomic mass is 32.2. The third-order valence-corrected chi connectivity index (χ3v) is 8.58. The van der Waals surface area contributed by atoms with Crippen molar-refractivity contribution in [1.29, 1.82) is 0 Å². The third-order valence-electron chi connectivity index (χ3n) is 6.37. The Hall–Kier alpha value is -2.66. The molecule has 33 heavy (non-hydrogen) atoms. The second-order valence-corrected chi connectivity index (χ2v) is 10.5. The molecule has 1 aliphatic heterocycles. The minimum atomic E-state index is -4.80. The van der Waals surface area contributed by atoms with Crippen molar-refractivity contribution < 1.29 is 35.9 Å². The van der Waals surface area contributed by atoms with Gasteiger partial charge in [-0.3, -0.25) is 4.79 Å². The first-order valence-electron chi connectivity index (χ1n) is 10.3. The standard InChI is InChI=1S/C22H22F4N2O4S/c1-13-12-27(8-9-28(13)14-6-7-18(19(23)10-14)22(24,25)26)33(31,32)20-11-17(21(29)30)15-4-2-3-5-16(15)20/h2-7,10,13,17,20H,8-9,11-12H2,1H3,(H,29,30)/t13?,17?,20-/m0/s1. The summed E-state index contributed by atoms with van der Waals surface area (Å²) in [5, 5.41) is 8.54. The lowest BCUT2D eigenvalue weighted by Crippen LogP contribution is -2.54. The van der Waals surface area contributed by atoms with Crippen LogP contribution in [0.4, 0.5) is 23.2 Å². The van der Waals surface area contributed by atoms with E-state index in [0.29, 0.717) is 17.2 Å². The molecule has 2 unspecified atom stereocenters. The molecule has 1 heterocycles. The normalized spacial score (nSPS) is 24.0. The van der Waals surface area contributed by atoms with Gasteiger partial charge in [0.1, 0.15) is 11.1 Å². The second kappa shape index (κ2) is 8.28. The highest BCUT2D eigenvalue weighted by Crippen LogP contribution is 2.46. The van der Waals surface area contributed by atoms with E-state index in [2.05, 4.69) is 0 Å². The molecular weight excluding hydrogens is 464 g/mol. The van der Waals surface area contributed by atoms with E-state index < -0.39 is 50.8 Å². The number of sulfonamides is 1. The Balaban J connectivity index is 1.55. The minimum Gasteiger partial charge on any atom is -0.481 e. The van der Waals surface area contributed by atoms with Crippen LogP contribution in [0.15, 0.2) is 42.5 Å². The number of piperazine rings is 1. The lowest BCUT2D eigenvalue weighted by molar-refractivity contribution is -0.140. The van der Waals surface area contributed by atoms with E-state index in [1.165, 1.54) is 10.4 Å². The Morgan fingerprint density at radius 1 is 1.09 bits per heavy atom. The van der Waals surface area contributed by atoms with Crippen molar-refractivity contribution in [2.24, 2.45) is 0 Å². The SMILES string of the molecule is CC1CN(S(=O)(=O)[C@H]2CC(C(=O)O)c3ccccc32)CCN1c1ccc(C(F)(F)F)c(F)c1. The van der Waals surface area contributed by atoms with Crippen LogP contribution in [0.2, 0.25) is 0 Å². The van der Waals surface area contributed by atoms with Crippen molar-refractivity contribution in [3.05, 3.63) is 65.0 Å². The van der Waals surface area contributed by atoms with Crippen LogP contribution < -0.4 is 4.90 Å². The number of anilines is 1. The van der Waals surface area contributed by atoms with Gasteiger partial charge in [-0.05, 0) is 42.7 Å². The maximum Gasteiger partial charge on any atom is 0.419 e. The lowest BCUT2D eigenvalue weighted by Gasteiger charge is -2.41. The molecule has 0 spiro atoms. The average molecular weight is 486 g/mol. The van der Waals surface area contributed by atoms with E-state index in [1.54, 1.807) is 36.1 Å². The van der Waals surface area contributed by atoms with Crippen LogP contribution >= 0.6 is 0 Å². The van der Waals surface area contributed by atoms with E-state index in [-0.39, 0.29) is 31.7 Å². The Labute approximate surface area is 188 Å². The fraction of sp³-hybridized carbons (Fsp3) is 0.409. The summed E-state index contributed by atoms with van der Waals surface area (Å²) in [4.78, 5) is 13.3. The lowest BCUT2D eigenvalue weighted by atomic mass is 10.0. The fourth-order valence-electron chi connectivity index (χ4n) is 4.74. The zero-order valence-corrected chi connectivity index (χ0v) is 18.4. The van der Waals surface area contributed by atoms with Crippen LogP contribution in [-0.4, -0.2) is 49.5 Å². The topological polar surface area (TPSA) is 77.9 Å². The molecule has 2 aliphatic rings. The number of carbonyl (C=O) groups is 1. The van der Waals surface area contributed by atoms with Crippen LogP contribution in [0, 0.1) is 5.82 Å². The Morgan fingerprint density at radius 2 is 1.76 bits per heavy atom. The summed E-state index contributed by atoms with van der Waals surface area (Å²) in [6.45, 7) is 1.95. The molecule has 2 aromatic rings. The number of benzene rings is 2. The summed E-state index contributed by atoms with van der Waals surface area (Å²) >= 11 is 0. The van der Waals surface area contributed by atoms with Gasteiger partial charge in [-0.25, -0.2) is 12.8 Å². The van der Waals surface area contributed by atoms with Gasteiger partial charge < -0.3 is 10.0 Å². The predicted octanol–water partition coefficient (Wildman–Crippen LogP) is 4.00. The van der Waals surface area contributed by atoms with Gasteiger partial charge in [-0.2, -0.15) is 17.5 Å². The molecule has 0 bridgehead atoms. The van der Waals surface area contributed by atoms with E-state index in [0.717, 1.165) is 6.07 Å². The van der Waals surface area contributed by atoms with Gasteiger partial charge >= 0.3 is 12.1 Å². The van der Waals surface area contributed by atoms with Gasteiger partial charge in [-0.15, -0.1) is 0 Å². The average Bonchev–Trinajstić information content (AvgIpc) is 3.13. The van der Waals surface area contributed by atoms with Gasteiger partial charge in [0.05, 0.1) is 11.5 Å². The number of alkyl halides is 3. The maximum absolute atomic E-state index is 14.0. The largest absolute Gasteiger partial charge is 0.481 e. The number of halogens is 4. The van der Waals surface area contributed by atoms with E-state index in [9.17, 15) is 35.9 Å². The molecule has 0 aromatic heterocycles. The van der Waals surface area contributed by atoms with Crippen molar-refractivity contribution in [3.63, 3.8) is 0 Å². The van der Waals surface area contributed by atoms with Gasteiger partial charge in [0, 0.05) is 31.4 Å². The summed E-state index contributed by atoms with van der Waals surface area (Å²) in [7, 11) is -3.89. The number of nitrogens with zero attached hydrogens (tertiary/aromatic N) is 2. The molecule has 0 amide bonds. The number of rotatable bonds is 4. The van der Waals surface area contributed by atoms with Crippen molar-refractivity contribution in [3.8, 4) is 0 Å². The molecule has 3 atom stereocenters. The highest BCUT2D eigenvalue weighted by Gasteiger charge is 2.45. The molecule has 0 saturated carbocycles. The smallest absolute Gasteiger partial charge is 0.419 e. The third kappa shape index (κ3) is 4.19. The Kier molecular flexibility index (Phi) is 5.90. The summed E-state index contributed by atoms with van der Waals surface area (Å²) in [5.41, 5.74) is -0.148. The molecule has 11 heteroatoms. The van der Waals surface area contributed by atoms with E-state index in [1.807, 2.05) is 0 Å². The van der Waals surface area contributed by atoms with Crippen molar-refractivity contribution >= 4 is 21.7 Å². The number of carboxylic acids is 1. The molecule has 2 aromatic carbocycles. The quantitative estimate of drug-likeness (QED) is 0.662. The van der Waals surface area contributed by atoms with E-state index >= 15 is 0 Å². The Morgan fingerprint density at radius 3 is 2.33 bits per heavy atom. The molecular formula is C22H22F4N2O4S.